The predicted molar refractivity (Wildman–Crippen MR) is 49.8 cm³/mol. The van der Waals surface area contributed by atoms with Gasteiger partial charge in [-0.05, 0) is 6.07 Å². The lowest BCUT2D eigenvalue weighted by Gasteiger charge is -2.05. The van der Waals surface area contributed by atoms with Crippen LogP contribution in [0.5, 0.6) is 0 Å². The molecule has 82 valence electrons. The first kappa shape index (κ1) is 11.6. The number of rotatable bonds is 3. The first-order valence-electron chi connectivity index (χ1n) is 3.75. The van der Waals surface area contributed by atoms with Gasteiger partial charge in [-0.2, -0.15) is 0 Å². The number of hydrogen-bond acceptors (Lipinski definition) is 4. The zero-order chi connectivity index (χ0) is 11.6. The largest absolute Gasteiger partial charge is 0.393 e. The molecule has 0 bridgehead atoms. The highest BCUT2D eigenvalue weighted by atomic mass is 35.5. The van der Waals surface area contributed by atoms with E-state index in [0.29, 0.717) is 0 Å². The van der Waals surface area contributed by atoms with Gasteiger partial charge in [0.2, 0.25) is 0 Å². The molecule has 0 aliphatic rings. The number of nitrogen functional groups attached to an aromatic ring is 1. The molecule has 0 aliphatic carbocycles. The summed E-state index contributed by atoms with van der Waals surface area (Å²) >= 11 is 5.37. The van der Waals surface area contributed by atoms with E-state index in [2.05, 4.69) is 4.98 Å². The maximum absolute atomic E-state index is 12.4. The Morgan fingerprint density at radius 3 is 2.67 bits per heavy atom. The maximum atomic E-state index is 12.4. The van der Waals surface area contributed by atoms with Crippen LogP contribution < -0.4 is 5.73 Å². The Balaban J connectivity index is 3.42. The number of hydrogen-bond donors (Lipinski definition) is 1. The summed E-state index contributed by atoms with van der Waals surface area (Å²) in [7, 11) is 0. The molecule has 0 saturated heterocycles. The molecule has 5 nitrogen and oxygen atoms in total. The number of pyridine rings is 1. The second-order valence-corrected chi connectivity index (χ2v) is 2.90. The second-order valence-electron chi connectivity index (χ2n) is 2.63. The Morgan fingerprint density at radius 1 is 1.67 bits per heavy atom. The monoisotopic (exact) mass is 237 g/mol. The van der Waals surface area contributed by atoms with E-state index in [1.165, 1.54) is 0 Å². The minimum Gasteiger partial charge on any atom is -0.393 e. The summed E-state index contributed by atoms with van der Waals surface area (Å²) in [5.41, 5.74) is 3.17. The number of aromatic nitrogens is 1. The maximum Gasteiger partial charge on any atom is 0.319 e. The summed E-state index contributed by atoms with van der Waals surface area (Å²) in [6, 6.07) is 1.11. The molecule has 0 aromatic carbocycles. The van der Waals surface area contributed by atoms with Crippen molar-refractivity contribution < 1.29 is 13.7 Å². The molecule has 0 radical (unpaired) electrons. The fourth-order valence-corrected chi connectivity index (χ4v) is 1.19. The van der Waals surface area contributed by atoms with Crippen molar-refractivity contribution in [2.24, 2.45) is 0 Å². The van der Waals surface area contributed by atoms with Gasteiger partial charge in [-0.25, -0.2) is 13.8 Å². The van der Waals surface area contributed by atoms with E-state index in [1.807, 2.05) is 0 Å². The van der Waals surface area contributed by atoms with Gasteiger partial charge in [0.1, 0.15) is 5.69 Å². The first-order chi connectivity index (χ1) is 6.97. The Kier molecular flexibility index (Phi) is 3.35. The van der Waals surface area contributed by atoms with Crippen molar-refractivity contribution in [2.75, 3.05) is 5.73 Å². The summed E-state index contributed by atoms with van der Waals surface area (Å²) in [6.07, 6.45) is -3.06. The van der Waals surface area contributed by atoms with Crippen LogP contribution in [0.2, 0.25) is 0 Å². The first-order valence-corrected chi connectivity index (χ1v) is 4.28. The molecule has 0 spiro atoms. The lowest BCUT2D eigenvalue weighted by molar-refractivity contribution is -0.385. The van der Waals surface area contributed by atoms with Gasteiger partial charge < -0.3 is 5.73 Å². The van der Waals surface area contributed by atoms with Crippen LogP contribution in [0, 0.1) is 10.1 Å². The van der Waals surface area contributed by atoms with Crippen molar-refractivity contribution in [3.8, 4) is 0 Å². The molecule has 0 saturated carbocycles. The number of nitrogens with zero attached hydrogens (tertiary/aromatic N) is 2. The SMILES string of the molecule is Nc1cc(CCl)nc(C(F)F)c1[N+](=O)[O-]. The average Bonchev–Trinajstić information content (AvgIpc) is 2.15. The zero-order valence-corrected chi connectivity index (χ0v) is 8.04. The van der Waals surface area contributed by atoms with Gasteiger partial charge in [0.05, 0.1) is 16.5 Å². The van der Waals surface area contributed by atoms with Crippen molar-refractivity contribution in [1.29, 1.82) is 0 Å². The highest BCUT2D eigenvalue weighted by Gasteiger charge is 2.27. The van der Waals surface area contributed by atoms with Crippen molar-refractivity contribution in [2.45, 2.75) is 12.3 Å². The van der Waals surface area contributed by atoms with Gasteiger partial charge >= 0.3 is 5.69 Å². The molecule has 8 heteroatoms. The quantitative estimate of drug-likeness (QED) is 0.497. The Labute approximate surface area is 88.0 Å². The van der Waals surface area contributed by atoms with Gasteiger partial charge in [-0.3, -0.25) is 10.1 Å². The Morgan fingerprint density at radius 2 is 2.27 bits per heavy atom. The van der Waals surface area contributed by atoms with E-state index in [4.69, 9.17) is 17.3 Å². The van der Waals surface area contributed by atoms with E-state index in [9.17, 15) is 18.9 Å². The van der Waals surface area contributed by atoms with Gasteiger partial charge in [-0.15, -0.1) is 11.6 Å². The lowest BCUT2D eigenvalue weighted by atomic mass is 10.2. The summed E-state index contributed by atoms with van der Waals surface area (Å²) < 4.78 is 24.8. The number of nitro groups is 1. The summed E-state index contributed by atoms with van der Waals surface area (Å²) in [6.45, 7) is 0. The van der Waals surface area contributed by atoms with Crippen LogP contribution >= 0.6 is 11.6 Å². The number of halogens is 3. The Bertz CT molecular complexity index is 400. The average molecular weight is 238 g/mol. The molecule has 0 aliphatic heterocycles. The van der Waals surface area contributed by atoms with Crippen molar-refractivity contribution in [1.82, 2.24) is 4.98 Å². The fraction of sp³-hybridized carbons (Fsp3) is 0.286. The van der Waals surface area contributed by atoms with Gasteiger partial charge in [0.15, 0.2) is 5.69 Å². The highest BCUT2D eigenvalue weighted by molar-refractivity contribution is 6.16. The third kappa shape index (κ3) is 2.30. The number of anilines is 1. The van der Waals surface area contributed by atoms with Gasteiger partial charge in [-0.1, -0.05) is 0 Å². The molecule has 15 heavy (non-hydrogen) atoms. The molecular weight excluding hydrogens is 232 g/mol. The third-order valence-corrected chi connectivity index (χ3v) is 1.90. The van der Waals surface area contributed by atoms with E-state index in [0.717, 1.165) is 6.07 Å². The van der Waals surface area contributed by atoms with E-state index >= 15 is 0 Å². The van der Waals surface area contributed by atoms with Crippen LogP contribution in [0.15, 0.2) is 6.07 Å². The third-order valence-electron chi connectivity index (χ3n) is 1.63. The molecule has 1 heterocycles. The molecule has 1 aromatic heterocycles. The van der Waals surface area contributed by atoms with Crippen LogP contribution in [0.1, 0.15) is 17.8 Å². The number of nitrogens with two attached hydrogens (primary N) is 1. The summed E-state index contributed by atoms with van der Waals surface area (Å²) in [5.74, 6) is -0.137. The highest BCUT2D eigenvalue weighted by Crippen LogP contribution is 2.32. The minimum atomic E-state index is -3.06. The van der Waals surface area contributed by atoms with Crippen LogP contribution in [0.25, 0.3) is 0 Å². The second kappa shape index (κ2) is 4.35. The summed E-state index contributed by atoms with van der Waals surface area (Å²) in [5, 5.41) is 10.5. The van der Waals surface area contributed by atoms with Crippen LogP contribution in [-0.4, -0.2) is 9.91 Å². The predicted octanol–water partition coefficient (Wildman–Crippen LogP) is 2.25. The minimum absolute atomic E-state index is 0.0788. The van der Waals surface area contributed by atoms with Crippen LogP contribution in [-0.2, 0) is 5.88 Å². The normalized spacial score (nSPS) is 10.7. The number of alkyl halides is 3. The molecule has 0 amide bonds. The van der Waals surface area contributed by atoms with Gasteiger partial charge in [0, 0.05) is 0 Å². The van der Waals surface area contributed by atoms with Crippen molar-refractivity contribution >= 4 is 23.0 Å². The van der Waals surface area contributed by atoms with Crippen LogP contribution in [0.4, 0.5) is 20.2 Å². The van der Waals surface area contributed by atoms with E-state index in [1.54, 1.807) is 0 Å². The zero-order valence-electron chi connectivity index (χ0n) is 7.28. The molecule has 0 atom stereocenters. The topological polar surface area (TPSA) is 82.0 Å². The molecule has 0 unspecified atom stereocenters. The van der Waals surface area contributed by atoms with Crippen molar-refractivity contribution in [3.05, 3.63) is 27.6 Å². The molecule has 1 rings (SSSR count). The van der Waals surface area contributed by atoms with E-state index < -0.39 is 22.7 Å². The molecule has 1 aromatic rings. The standard InChI is InChI=1S/C7H6ClF2N3O2/c8-2-3-1-4(11)6(13(14)15)5(12-3)7(9)10/h1,7H,2H2,(H2,11,12). The lowest BCUT2D eigenvalue weighted by Crippen LogP contribution is -2.05. The Hall–Kier alpha value is -1.50. The fourth-order valence-electron chi connectivity index (χ4n) is 1.06. The van der Waals surface area contributed by atoms with Crippen LogP contribution in [0.3, 0.4) is 0 Å². The molecular formula is C7H6ClF2N3O2. The molecule has 0 fully saturated rings. The molecule has 2 N–H and O–H groups in total. The van der Waals surface area contributed by atoms with E-state index in [-0.39, 0.29) is 17.3 Å². The van der Waals surface area contributed by atoms with Crippen molar-refractivity contribution in [3.63, 3.8) is 0 Å². The van der Waals surface area contributed by atoms with Gasteiger partial charge in [0.25, 0.3) is 6.43 Å². The summed E-state index contributed by atoms with van der Waals surface area (Å²) in [4.78, 5) is 12.9. The smallest absolute Gasteiger partial charge is 0.319 e.